The second-order valence-corrected chi connectivity index (χ2v) is 4.95. The van der Waals surface area contributed by atoms with Crippen molar-refractivity contribution in [3.05, 3.63) is 12.2 Å². The van der Waals surface area contributed by atoms with E-state index in [4.69, 9.17) is 0 Å². The van der Waals surface area contributed by atoms with Crippen molar-refractivity contribution in [2.24, 2.45) is 17.3 Å². The van der Waals surface area contributed by atoms with Gasteiger partial charge in [-0.2, -0.15) is 0 Å². The lowest BCUT2D eigenvalue weighted by atomic mass is 9.67. The Morgan fingerprint density at radius 3 is 1.58 bits per heavy atom. The maximum absolute atomic E-state index is 4.00. The lowest BCUT2D eigenvalue weighted by molar-refractivity contribution is 0.137. The molecule has 0 amide bonds. The normalized spacial score (nSPS) is 12.7. The van der Waals surface area contributed by atoms with Crippen LogP contribution in [0, 0.1) is 17.3 Å². The van der Waals surface area contributed by atoms with E-state index in [-0.39, 0.29) is 0 Å². The van der Waals surface area contributed by atoms with Gasteiger partial charge in [-0.05, 0) is 30.6 Å². The Hall–Kier alpha value is -0.260. The lowest BCUT2D eigenvalue weighted by Gasteiger charge is -2.38. The highest BCUT2D eigenvalue weighted by Gasteiger charge is 2.31. The van der Waals surface area contributed by atoms with Crippen LogP contribution in [0.2, 0.25) is 0 Å². The second-order valence-electron chi connectivity index (χ2n) is 4.95. The zero-order valence-corrected chi connectivity index (χ0v) is 9.57. The van der Waals surface area contributed by atoms with Gasteiger partial charge in [-0.3, -0.25) is 0 Å². The summed E-state index contributed by atoms with van der Waals surface area (Å²) in [5.74, 6) is 1.46. The third-order valence-corrected chi connectivity index (χ3v) is 3.32. The van der Waals surface area contributed by atoms with Gasteiger partial charge in [0.2, 0.25) is 0 Å². The summed E-state index contributed by atoms with van der Waals surface area (Å²) in [6.45, 7) is 17.7. The molecule has 0 spiro atoms. The van der Waals surface area contributed by atoms with Gasteiger partial charge < -0.3 is 0 Å². The first kappa shape index (κ1) is 11.7. The summed E-state index contributed by atoms with van der Waals surface area (Å²) < 4.78 is 0. The second kappa shape index (κ2) is 4.11. The molecule has 0 atom stereocenters. The van der Waals surface area contributed by atoms with Crippen LogP contribution in [0.1, 0.15) is 48.0 Å². The maximum atomic E-state index is 4.00. The van der Waals surface area contributed by atoms with E-state index in [2.05, 4.69) is 48.1 Å². The molecule has 0 aliphatic rings. The van der Waals surface area contributed by atoms with Gasteiger partial charge in [0.25, 0.3) is 0 Å². The molecule has 0 aliphatic carbocycles. The van der Waals surface area contributed by atoms with E-state index in [0.717, 1.165) is 18.3 Å². The molecule has 0 heterocycles. The summed E-state index contributed by atoms with van der Waals surface area (Å²) in [4.78, 5) is 0. The van der Waals surface area contributed by atoms with Gasteiger partial charge in [0.05, 0.1) is 0 Å². The van der Waals surface area contributed by atoms with E-state index < -0.39 is 0 Å². The van der Waals surface area contributed by atoms with Crippen LogP contribution in [0.25, 0.3) is 0 Å². The van der Waals surface area contributed by atoms with Gasteiger partial charge in [-0.1, -0.05) is 40.2 Å². The van der Waals surface area contributed by atoms with Crippen LogP contribution in [0.15, 0.2) is 12.2 Å². The Labute approximate surface area is 78.1 Å². The van der Waals surface area contributed by atoms with Crippen LogP contribution in [0.3, 0.4) is 0 Å². The minimum Gasteiger partial charge on any atom is -0.100 e. The molecule has 0 aliphatic heterocycles. The van der Waals surface area contributed by atoms with Crippen LogP contribution in [0.5, 0.6) is 0 Å². The molecular formula is C12H24. The lowest BCUT2D eigenvalue weighted by Crippen LogP contribution is -2.29. The smallest absolute Gasteiger partial charge is 0.0243 e. The fourth-order valence-corrected chi connectivity index (χ4v) is 1.73. The molecule has 72 valence electrons. The molecule has 0 radical (unpaired) electrons. The third-order valence-electron chi connectivity index (χ3n) is 3.32. The van der Waals surface area contributed by atoms with Gasteiger partial charge in [-0.25, -0.2) is 0 Å². The Morgan fingerprint density at radius 1 is 1.17 bits per heavy atom. The molecule has 0 aromatic heterocycles. The first-order valence-electron chi connectivity index (χ1n) is 4.95. The molecule has 0 saturated heterocycles. The highest BCUT2D eigenvalue weighted by Crippen LogP contribution is 2.40. The summed E-state index contributed by atoms with van der Waals surface area (Å²) in [6, 6.07) is 0. The number of hydrogen-bond donors (Lipinski definition) is 0. The Morgan fingerprint density at radius 2 is 1.50 bits per heavy atom. The quantitative estimate of drug-likeness (QED) is 0.550. The van der Waals surface area contributed by atoms with Crippen molar-refractivity contribution in [2.75, 3.05) is 0 Å². The first-order valence-corrected chi connectivity index (χ1v) is 4.95. The van der Waals surface area contributed by atoms with E-state index in [1.165, 1.54) is 5.57 Å². The van der Waals surface area contributed by atoms with E-state index in [9.17, 15) is 0 Å². The molecule has 0 bridgehead atoms. The minimum atomic E-state index is 0.422. The summed E-state index contributed by atoms with van der Waals surface area (Å²) in [5, 5.41) is 0. The fourth-order valence-electron chi connectivity index (χ4n) is 1.73. The molecule has 0 aromatic carbocycles. The monoisotopic (exact) mass is 168 g/mol. The molecule has 0 saturated carbocycles. The molecule has 0 aromatic rings. The van der Waals surface area contributed by atoms with Gasteiger partial charge in [0, 0.05) is 0 Å². The topological polar surface area (TPSA) is 0 Å². The maximum Gasteiger partial charge on any atom is -0.0243 e. The SMILES string of the molecule is C=C(C)CC(C)(C(C)C)C(C)C. The standard InChI is InChI=1S/C12H24/c1-9(2)8-12(7,10(3)4)11(5)6/h10-11H,1,8H2,2-7H3. The summed E-state index contributed by atoms with van der Waals surface area (Å²) in [5.41, 5.74) is 1.73. The van der Waals surface area contributed by atoms with Gasteiger partial charge in [-0.15, -0.1) is 6.58 Å². The summed E-state index contributed by atoms with van der Waals surface area (Å²) in [6.07, 6.45) is 1.16. The van der Waals surface area contributed by atoms with Gasteiger partial charge in [0.15, 0.2) is 0 Å². The third kappa shape index (κ3) is 2.66. The van der Waals surface area contributed by atoms with Gasteiger partial charge in [0.1, 0.15) is 0 Å². The first-order chi connectivity index (χ1) is 5.30. The van der Waals surface area contributed by atoms with Crippen molar-refractivity contribution in [1.82, 2.24) is 0 Å². The molecule has 0 heteroatoms. The van der Waals surface area contributed by atoms with Crippen LogP contribution >= 0.6 is 0 Å². The van der Waals surface area contributed by atoms with Crippen LogP contribution in [-0.2, 0) is 0 Å². The van der Waals surface area contributed by atoms with Crippen molar-refractivity contribution in [2.45, 2.75) is 48.0 Å². The van der Waals surface area contributed by atoms with E-state index in [1.54, 1.807) is 0 Å². The van der Waals surface area contributed by atoms with E-state index in [1.807, 2.05) is 0 Å². The minimum absolute atomic E-state index is 0.422. The molecule has 0 fully saturated rings. The molecule has 0 N–H and O–H groups in total. The Balaban J connectivity index is 4.51. The zero-order chi connectivity index (χ0) is 9.94. The van der Waals surface area contributed by atoms with Gasteiger partial charge >= 0.3 is 0 Å². The van der Waals surface area contributed by atoms with Crippen molar-refractivity contribution in [1.29, 1.82) is 0 Å². The zero-order valence-electron chi connectivity index (χ0n) is 9.57. The van der Waals surface area contributed by atoms with Crippen molar-refractivity contribution in [3.63, 3.8) is 0 Å². The van der Waals surface area contributed by atoms with Crippen molar-refractivity contribution >= 4 is 0 Å². The van der Waals surface area contributed by atoms with Crippen LogP contribution in [0.4, 0.5) is 0 Å². The summed E-state index contributed by atoms with van der Waals surface area (Å²) in [7, 11) is 0. The molecular weight excluding hydrogens is 144 g/mol. The Bertz CT molecular complexity index is 143. The van der Waals surface area contributed by atoms with Crippen molar-refractivity contribution < 1.29 is 0 Å². The van der Waals surface area contributed by atoms with Crippen LogP contribution < -0.4 is 0 Å². The predicted molar refractivity (Wildman–Crippen MR) is 57.2 cm³/mol. The number of rotatable bonds is 4. The largest absolute Gasteiger partial charge is 0.100 e. The van der Waals surface area contributed by atoms with Crippen molar-refractivity contribution in [3.8, 4) is 0 Å². The average molecular weight is 168 g/mol. The van der Waals surface area contributed by atoms with Crippen LogP contribution in [-0.4, -0.2) is 0 Å². The number of allylic oxidation sites excluding steroid dienone is 1. The summed E-state index contributed by atoms with van der Waals surface area (Å²) >= 11 is 0. The Kier molecular flexibility index (Phi) is 4.02. The molecule has 0 unspecified atom stereocenters. The van der Waals surface area contributed by atoms with E-state index >= 15 is 0 Å². The number of hydrogen-bond acceptors (Lipinski definition) is 0. The molecule has 12 heavy (non-hydrogen) atoms. The average Bonchev–Trinajstić information content (AvgIpc) is 1.84. The fraction of sp³-hybridized carbons (Fsp3) is 0.833. The molecule has 0 nitrogen and oxygen atoms in total. The predicted octanol–water partition coefficient (Wildman–Crippen LogP) is 4.27. The van der Waals surface area contributed by atoms with E-state index in [0.29, 0.717) is 5.41 Å². The molecule has 0 rings (SSSR count). The highest BCUT2D eigenvalue weighted by molar-refractivity contribution is 4.97. The highest BCUT2D eigenvalue weighted by atomic mass is 14.4.